The SMILES string of the molecule is CCOC(=O)c1cc2c(Br)cc(Br)cc2[nH]1. The average Bonchev–Trinajstić information content (AvgIpc) is 2.62. The van der Waals surface area contributed by atoms with Crippen molar-refractivity contribution in [3.05, 3.63) is 32.8 Å². The molecule has 0 aliphatic rings. The lowest BCUT2D eigenvalue weighted by atomic mass is 10.2. The van der Waals surface area contributed by atoms with E-state index in [1.807, 2.05) is 12.1 Å². The third kappa shape index (κ3) is 2.15. The van der Waals surface area contributed by atoms with Crippen LogP contribution < -0.4 is 0 Å². The number of hydrogen-bond acceptors (Lipinski definition) is 2. The lowest BCUT2D eigenvalue weighted by molar-refractivity contribution is 0.0520. The van der Waals surface area contributed by atoms with Gasteiger partial charge in [-0.05, 0) is 25.1 Å². The number of fused-ring (bicyclic) bond motifs is 1. The lowest BCUT2D eigenvalue weighted by Gasteiger charge is -1.96. The molecule has 0 saturated heterocycles. The van der Waals surface area contributed by atoms with Gasteiger partial charge in [-0.1, -0.05) is 31.9 Å². The van der Waals surface area contributed by atoms with Gasteiger partial charge >= 0.3 is 5.97 Å². The minimum absolute atomic E-state index is 0.332. The van der Waals surface area contributed by atoms with Crippen molar-refractivity contribution in [2.75, 3.05) is 6.61 Å². The topological polar surface area (TPSA) is 42.1 Å². The number of halogens is 2. The summed E-state index contributed by atoms with van der Waals surface area (Å²) in [6.07, 6.45) is 0. The molecule has 5 heteroatoms. The van der Waals surface area contributed by atoms with Crippen molar-refractivity contribution in [3.8, 4) is 0 Å². The molecule has 0 unspecified atom stereocenters. The van der Waals surface area contributed by atoms with Crippen molar-refractivity contribution in [2.45, 2.75) is 6.92 Å². The van der Waals surface area contributed by atoms with Gasteiger partial charge in [-0.25, -0.2) is 4.79 Å². The summed E-state index contributed by atoms with van der Waals surface area (Å²) < 4.78 is 6.81. The Morgan fingerprint density at radius 1 is 1.38 bits per heavy atom. The Morgan fingerprint density at radius 2 is 2.12 bits per heavy atom. The average molecular weight is 347 g/mol. The molecule has 0 spiro atoms. The molecule has 1 N–H and O–H groups in total. The molecule has 3 nitrogen and oxygen atoms in total. The highest BCUT2D eigenvalue weighted by Gasteiger charge is 2.12. The van der Waals surface area contributed by atoms with Crippen molar-refractivity contribution in [1.29, 1.82) is 0 Å². The number of aromatic nitrogens is 1. The molecular formula is C11H9Br2NO2. The zero-order valence-electron chi connectivity index (χ0n) is 8.51. The highest BCUT2D eigenvalue weighted by Crippen LogP contribution is 2.29. The van der Waals surface area contributed by atoms with Gasteiger partial charge < -0.3 is 9.72 Å². The second-order valence-electron chi connectivity index (χ2n) is 3.25. The van der Waals surface area contributed by atoms with Crippen molar-refractivity contribution < 1.29 is 9.53 Å². The molecule has 0 saturated carbocycles. The number of nitrogens with one attached hydrogen (secondary N) is 1. The fraction of sp³-hybridized carbons (Fsp3) is 0.182. The van der Waals surface area contributed by atoms with Gasteiger partial charge in [0.1, 0.15) is 5.69 Å². The Balaban J connectivity index is 2.51. The Labute approximate surface area is 109 Å². The lowest BCUT2D eigenvalue weighted by Crippen LogP contribution is -2.04. The van der Waals surface area contributed by atoms with Crippen LogP contribution in [0.1, 0.15) is 17.4 Å². The second kappa shape index (κ2) is 4.59. The number of carbonyl (C=O) groups is 1. The maximum Gasteiger partial charge on any atom is 0.354 e. The van der Waals surface area contributed by atoms with Crippen LogP contribution in [-0.2, 0) is 4.74 Å². The molecule has 2 rings (SSSR count). The van der Waals surface area contributed by atoms with Gasteiger partial charge in [-0.15, -0.1) is 0 Å². The smallest absolute Gasteiger partial charge is 0.354 e. The van der Waals surface area contributed by atoms with Gasteiger partial charge in [-0.3, -0.25) is 0 Å². The van der Waals surface area contributed by atoms with Gasteiger partial charge in [0, 0.05) is 19.8 Å². The normalized spacial score (nSPS) is 10.7. The zero-order valence-corrected chi connectivity index (χ0v) is 11.7. The van der Waals surface area contributed by atoms with Crippen LogP contribution in [0.15, 0.2) is 27.1 Å². The first kappa shape index (κ1) is 11.7. The number of carbonyl (C=O) groups excluding carboxylic acids is 1. The molecule has 0 atom stereocenters. The van der Waals surface area contributed by atoms with E-state index in [4.69, 9.17) is 4.74 Å². The summed E-state index contributed by atoms with van der Waals surface area (Å²) in [5.41, 5.74) is 1.36. The van der Waals surface area contributed by atoms with Crippen molar-refractivity contribution in [2.24, 2.45) is 0 Å². The number of aromatic amines is 1. The number of rotatable bonds is 2. The van der Waals surface area contributed by atoms with E-state index in [2.05, 4.69) is 36.8 Å². The molecule has 84 valence electrons. The molecular weight excluding hydrogens is 338 g/mol. The van der Waals surface area contributed by atoms with Crippen molar-refractivity contribution in [3.63, 3.8) is 0 Å². The molecule has 0 fully saturated rings. The van der Waals surface area contributed by atoms with E-state index in [-0.39, 0.29) is 5.97 Å². The van der Waals surface area contributed by atoms with Crippen LogP contribution in [0.25, 0.3) is 10.9 Å². The van der Waals surface area contributed by atoms with Crippen LogP contribution in [0.5, 0.6) is 0 Å². The summed E-state index contributed by atoms with van der Waals surface area (Å²) in [6, 6.07) is 5.64. The highest BCUT2D eigenvalue weighted by atomic mass is 79.9. The van der Waals surface area contributed by atoms with Crippen LogP contribution in [0.2, 0.25) is 0 Å². The molecule has 0 radical (unpaired) electrons. The minimum Gasteiger partial charge on any atom is -0.461 e. The molecule has 0 aliphatic heterocycles. The standard InChI is InChI=1S/C11H9Br2NO2/c1-2-16-11(15)10-5-7-8(13)3-6(12)4-9(7)14-10/h3-5,14H,2H2,1H3. The summed E-state index contributed by atoms with van der Waals surface area (Å²) >= 11 is 6.84. The predicted molar refractivity (Wildman–Crippen MR) is 69.7 cm³/mol. The predicted octanol–water partition coefficient (Wildman–Crippen LogP) is 3.87. The summed E-state index contributed by atoms with van der Waals surface area (Å²) in [7, 11) is 0. The molecule has 2 aromatic rings. The van der Waals surface area contributed by atoms with E-state index in [0.29, 0.717) is 12.3 Å². The van der Waals surface area contributed by atoms with Crippen molar-refractivity contribution in [1.82, 2.24) is 4.98 Å². The summed E-state index contributed by atoms with van der Waals surface area (Å²) in [5.74, 6) is -0.332. The monoisotopic (exact) mass is 345 g/mol. The Bertz CT molecular complexity index is 548. The van der Waals surface area contributed by atoms with Gasteiger partial charge in [0.15, 0.2) is 0 Å². The third-order valence-corrected chi connectivity index (χ3v) is 3.26. The zero-order chi connectivity index (χ0) is 11.7. The maximum atomic E-state index is 11.5. The van der Waals surface area contributed by atoms with E-state index >= 15 is 0 Å². The molecule has 16 heavy (non-hydrogen) atoms. The Kier molecular flexibility index (Phi) is 3.35. The van der Waals surface area contributed by atoms with E-state index < -0.39 is 0 Å². The molecule has 1 aromatic heterocycles. The Hall–Kier alpha value is -0.810. The van der Waals surface area contributed by atoms with Crippen LogP contribution in [0.4, 0.5) is 0 Å². The Morgan fingerprint density at radius 3 is 2.81 bits per heavy atom. The van der Waals surface area contributed by atoms with Crippen LogP contribution in [0, 0.1) is 0 Å². The fourth-order valence-corrected chi connectivity index (χ4v) is 2.82. The fourth-order valence-electron chi connectivity index (χ4n) is 1.48. The van der Waals surface area contributed by atoms with Gasteiger partial charge in [0.05, 0.1) is 6.61 Å². The summed E-state index contributed by atoms with van der Waals surface area (Å²) in [4.78, 5) is 14.6. The first-order valence-corrected chi connectivity index (χ1v) is 6.35. The van der Waals surface area contributed by atoms with Crippen molar-refractivity contribution >= 4 is 48.7 Å². The molecule has 0 bridgehead atoms. The molecule has 0 aliphatic carbocycles. The number of esters is 1. The van der Waals surface area contributed by atoms with Crippen LogP contribution >= 0.6 is 31.9 Å². The molecule has 1 aromatic carbocycles. The van der Waals surface area contributed by atoms with Crippen LogP contribution in [-0.4, -0.2) is 17.6 Å². The molecule has 1 heterocycles. The maximum absolute atomic E-state index is 11.5. The first-order valence-electron chi connectivity index (χ1n) is 4.76. The van der Waals surface area contributed by atoms with E-state index in [9.17, 15) is 4.79 Å². The second-order valence-corrected chi connectivity index (χ2v) is 5.02. The van der Waals surface area contributed by atoms with E-state index in [0.717, 1.165) is 19.8 Å². The van der Waals surface area contributed by atoms with Crippen LogP contribution in [0.3, 0.4) is 0 Å². The quantitative estimate of drug-likeness (QED) is 0.839. The van der Waals surface area contributed by atoms with E-state index in [1.165, 1.54) is 0 Å². The van der Waals surface area contributed by atoms with Gasteiger partial charge in [0.25, 0.3) is 0 Å². The number of benzene rings is 1. The highest BCUT2D eigenvalue weighted by molar-refractivity contribution is 9.11. The van der Waals surface area contributed by atoms with Gasteiger partial charge in [0.2, 0.25) is 0 Å². The number of H-pyrrole nitrogens is 1. The summed E-state index contributed by atoms with van der Waals surface area (Å²) in [5, 5.41) is 0.964. The third-order valence-electron chi connectivity index (χ3n) is 2.15. The number of ether oxygens (including phenoxy) is 1. The minimum atomic E-state index is -0.332. The summed E-state index contributed by atoms with van der Waals surface area (Å²) in [6.45, 7) is 2.16. The molecule has 0 amide bonds. The first-order chi connectivity index (χ1) is 7.61. The number of hydrogen-bond donors (Lipinski definition) is 1. The largest absolute Gasteiger partial charge is 0.461 e. The van der Waals surface area contributed by atoms with E-state index in [1.54, 1.807) is 13.0 Å². The van der Waals surface area contributed by atoms with Gasteiger partial charge in [-0.2, -0.15) is 0 Å².